The summed E-state index contributed by atoms with van der Waals surface area (Å²) in [6.45, 7) is 3.54. The van der Waals surface area contributed by atoms with Gasteiger partial charge >= 0.3 is 0 Å². The van der Waals surface area contributed by atoms with Gasteiger partial charge in [-0.05, 0) is 35.5 Å². The van der Waals surface area contributed by atoms with E-state index < -0.39 is 5.91 Å². The fourth-order valence-electron chi connectivity index (χ4n) is 3.81. The van der Waals surface area contributed by atoms with Gasteiger partial charge in [0.05, 0.1) is 10.6 Å². The third-order valence-electron chi connectivity index (χ3n) is 5.55. The second kappa shape index (κ2) is 9.96. The summed E-state index contributed by atoms with van der Waals surface area (Å²) in [6, 6.07) is 21.9. The second-order valence-electron chi connectivity index (χ2n) is 7.87. The average Bonchev–Trinajstić information content (AvgIpc) is 3.20. The topological polar surface area (TPSA) is 87.7 Å². The zero-order valence-corrected chi connectivity index (χ0v) is 19.2. The molecule has 2 aliphatic heterocycles. The number of hydrogen-bond donors (Lipinski definition) is 1. The number of anilines is 2. The van der Waals surface area contributed by atoms with E-state index in [1.807, 2.05) is 48.5 Å². The molecule has 0 bridgehead atoms. The number of imide groups is 1. The van der Waals surface area contributed by atoms with Crippen LogP contribution < -0.4 is 19.9 Å². The lowest BCUT2D eigenvalue weighted by Crippen LogP contribution is -2.47. The van der Waals surface area contributed by atoms with Crippen LogP contribution in [0.4, 0.5) is 16.4 Å². The highest BCUT2D eigenvalue weighted by atomic mass is 32.2. The second-order valence-corrected chi connectivity index (χ2v) is 8.88. The van der Waals surface area contributed by atoms with Gasteiger partial charge in [0.2, 0.25) is 11.8 Å². The van der Waals surface area contributed by atoms with Gasteiger partial charge in [0.1, 0.15) is 6.61 Å². The first-order valence-electron chi connectivity index (χ1n) is 11.0. The molecule has 2 fully saturated rings. The summed E-state index contributed by atoms with van der Waals surface area (Å²) in [5, 5.41) is 1.89. The molecule has 2 aromatic carbocycles. The molecule has 2 amide bonds. The molecule has 0 saturated carbocycles. The van der Waals surface area contributed by atoms with E-state index in [9.17, 15) is 9.59 Å². The lowest BCUT2D eigenvalue weighted by Gasteiger charge is -2.36. The van der Waals surface area contributed by atoms with Crippen LogP contribution in [0.3, 0.4) is 0 Å². The van der Waals surface area contributed by atoms with Gasteiger partial charge in [0.25, 0.3) is 11.1 Å². The van der Waals surface area contributed by atoms with Crippen molar-refractivity contribution in [3.05, 3.63) is 82.9 Å². The molecule has 0 atom stereocenters. The highest BCUT2D eigenvalue weighted by Gasteiger charge is 2.26. The number of aromatic nitrogens is 2. The first-order chi connectivity index (χ1) is 16.6. The Morgan fingerprint density at radius 3 is 2.26 bits per heavy atom. The largest absolute Gasteiger partial charge is 0.473 e. The molecule has 3 heterocycles. The number of carbonyl (C=O) groups is 2. The maximum Gasteiger partial charge on any atom is 0.290 e. The Morgan fingerprint density at radius 1 is 0.912 bits per heavy atom. The number of amides is 2. The maximum atomic E-state index is 12.0. The molecular weight excluding hydrogens is 450 g/mol. The Kier molecular flexibility index (Phi) is 6.44. The molecule has 2 saturated heterocycles. The number of piperazine rings is 1. The maximum absolute atomic E-state index is 12.0. The molecule has 34 heavy (non-hydrogen) atoms. The van der Waals surface area contributed by atoms with Crippen LogP contribution in [0.15, 0.2) is 71.6 Å². The molecular formula is C25H23N5O3S. The van der Waals surface area contributed by atoms with Gasteiger partial charge in [0.15, 0.2) is 0 Å². The van der Waals surface area contributed by atoms with Crippen LogP contribution in [0, 0.1) is 0 Å². The quantitative estimate of drug-likeness (QED) is 0.542. The van der Waals surface area contributed by atoms with Crippen molar-refractivity contribution in [1.82, 2.24) is 15.3 Å². The Balaban J connectivity index is 1.37. The zero-order valence-electron chi connectivity index (χ0n) is 18.4. The van der Waals surface area contributed by atoms with E-state index in [0.29, 0.717) is 29.0 Å². The SMILES string of the molecule is O=C1NC(=O)C(=Cc2cc(OCc3ccccc3)nc(N3CCN(c4ccccc4)CC3)n2)S1. The summed E-state index contributed by atoms with van der Waals surface area (Å²) in [4.78, 5) is 37.7. The zero-order chi connectivity index (χ0) is 23.3. The first-order valence-corrected chi connectivity index (χ1v) is 11.8. The van der Waals surface area contributed by atoms with Crippen molar-refractivity contribution >= 4 is 40.6 Å². The molecule has 0 radical (unpaired) electrons. The van der Waals surface area contributed by atoms with E-state index >= 15 is 0 Å². The third-order valence-corrected chi connectivity index (χ3v) is 6.36. The summed E-state index contributed by atoms with van der Waals surface area (Å²) in [7, 11) is 0. The van der Waals surface area contributed by atoms with Gasteiger partial charge in [-0.2, -0.15) is 4.98 Å². The van der Waals surface area contributed by atoms with Gasteiger partial charge in [-0.3, -0.25) is 14.9 Å². The molecule has 2 aliphatic rings. The molecule has 0 spiro atoms. The number of ether oxygens (including phenoxy) is 1. The summed E-state index contributed by atoms with van der Waals surface area (Å²) in [5.41, 5.74) is 2.74. The smallest absolute Gasteiger partial charge is 0.290 e. The molecule has 0 aliphatic carbocycles. The monoisotopic (exact) mass is 473 g/mol. The predicted molar refractivity (Wildman–Crippen MR) is 133 cm³/mol. The highest BCUT2D eigenvalue weighted by Crippen LogP contribution is 2.27. The van der Waals surface area contributed by atoms with Crippen LogP contribution in [0.5, 0.6) is 5.88 Å². The molecule has 1 N–H and O–H groups in total. The molecule has 3 aromatic rings. The van der Waals surface area contributed by atoms with Gasteiger partial charge < -0.3 is 14.5 Å². The minimum absolute atomic E-state index is 0.303. The van der Waals surface area contributed by atoms with Crippen molar-refractivity contribution in [2.75, 3.05) is 36.0 Å². The van der Waals surface area contributed by atoms with Gasteiger partial charge in [-0.25, -0.2) is 4.98 Å². The van der Waals surface area contributed by atoms with E-state index in [1.54, 1.807) is 12.1 Å². The van der Waals surface area contributed by atoms with E-state index in [0.717, 1.165) is 43.5 Å². The van der Waals surface area contributed by atoms with E-state index in [2.05, 4.69) is 37.2 Å². The van der Waals surface area contributed by atoms with Gasteiger partial charge in [0, 0.05) is 37.9 Å². The minimum atomic E-state index is -0.418. The normalized spacial score (nSPS) is 17.2. The minimum Gasteiger partial charge on any atom is -0.473 e. The third kappa shape index (κ3) is 5.20. The standard InChI is InChI=1S/C25H23N5O3S/c31-23-21(34-25(32)28-23)15-19-16-22(33-17-18-7-3-1-4-8-18)27-24(26-19)30-13-11-29(12-14-30)20-9-5-2-6-10-20/h1-10,15-16H,11-14,17H2,(H,28,31,32). The van der Waals surface area contributed by atoms with Crippen molar-refractivity contribution < 1.29 is 14.3 Å². The Morgan fingerprint density at radius 2 is 1.59 bits per heavy atom. The summed E-state index contributed by atoms with van der Waals surface area (Å²) >= 11 is 0.864. The number of benzene rings is 2. The summed E-state index contributed by atoms with van der Waals surface area (Å²) in [5.74, 6) is 0.541. The van der Waals surface area contributed by atoms with Gasteiger partial charge in [-0.15, -0.1) is 0 Å². The first kappa shape index (κ1) is 22.0. The van der Waals surface area contributed by atoms with Gasteiger partial charge in [-0.1, -0.05) is 48.5 Å². The molecule has 0 unspecified atom stereocenters. The lowest BCUT2D eigenvalue weighted by atomic mass is 10.2. The van der Waals surface area contributed by atoms with Crippen molar-refractivity contribution in [2.24, 2.45) is 0 Å². The van der Waals surface area contributed by atoms with Crippen molar-refractivity contribution in [1.29, 1.82) is 0 Å². The fourth-order valence-corrected chi connectivity index (χ4v) is 4.48. The molecule has 172 valence electrons. The average molecular weight is 474 g/mol. The Labute approximate surface area is 201 Å². The highest BCUT2D eigenvalue weighted by molar-refractivity contribution is 8.18. The van der Waals surface area contributed by atoms with Crippen molar-refractivity contribution in [3.63, 3.8) is 0 Å². The molecule has 9 heteroatoms. The molecule has 8 nitrogen and oxygen atoms in total. The van der Waals surface area contributed by atoms with Crippen molar-refractivity contribution in [3.8, 4) is 5.88 Å². The molecule has 5 rings (SSSR count). The molecule has 1 aromatic heterocycles. The van der Waals surface area contributed by atoms with Crippen molar-refractivity contribution in [2.45, 2.75) is 6.61 Å². The number of rotatable bonds is 6. The summed E-state index contributed by atoms with van der Waals surface area (Å²) in [6.07, 6.45) is 1.60. The number of thioether (sulfide) groups is 1. The van der Waals surface area contributed by atoms with Crippen LogP contribution in [0.25, 0.3) is 6.08 Å². The van der Waals surface area contributed by atoms with Crippen LogP contribution in [-0.2, 0) is 11.4 Å². The fraction of sp³-hybridized carbons (Fsp3) is 0.200. The van der Waals surface area contributed by atoms with Crippen LogP contribution in [0.1, 0.15) is 11.3 Å². The number of para-hydroxylation sites is 1. The van der Waals surface area contributed by atoms with Crippen LogP contribution >= 0.6 is 11.8 Å². The van der Waals surface area contributed by atoms with E-state index in [-0.39, 0.29) is 5.24 Å². The number of carbonyl (C=O) groups excluding carboxylic acids is 2. The Bertz CT molecular complexity index is 1210. The van der Waals surface area contributed by atoms with Crippen LogP contribution in [0.2, 0.25) is 0 Å². The van der Waals surface area contributed by atoms with Crippen LogP contribution in [-0.4, -0.2) is 47.3 Å². The number of nitrogens with one attached hydrogen (secondary N) is 1. The number of hydrogen-bond acceptors (Lipinski definition) is 8. The lowest BCUT2D eigenvalue weighted by molar-refractivity contribution is -0.115. The number of nitrogens with zero attached hydrogens (tertiary/aromatic N) is 4. The Hall–Kier alpha value is -3.85. The summed E-state index contributed by atoms with van der Waals surface area (Å²) < 4.78 is 5.98. The van der Waals surface area contributed by atoms with E-state index in [1.165, 1.54) is 5.69 Å². The predicted octanol–water partition coefficient (Wildman–Crippen LogP) is 3.71. The van der Waals surface area contributed by atoms with E-state index in [4.69, 9.17) is 4.74 Å².